The van der Waals surface area contributed by atoms with Crippen molar-refractivity contribution >= 4 is 35.0 Å². The van der Waals surface area contributed by atoms with E-state index in [1.54, 1.807) is 39.9 Å². The van der Waals surface area contributed by atoms with E-state index >= 15 is 0 Å². The number of rotatable bonds is 19. The molecule has 0 aliphatic carbocycles. The van der Waals surface area contributed by atoms with Crippen LogP contribution in [0.5, 0.6) is 11.5 Å². The maximum Gasteiger partial charge on any atom is 0.417 e. The Morgan fingerprint density at radius 2 is 1.66 bits per heavy atom. The molecular formula is C50H59F3N6O8S. The lowest BCUT2D eigenvalue weighted by Gasteiger charge is -2.35. The largest absolute Gasteiger partial charge is 0.494 e. The van der Waals surface area contributed by atoms with Gasteiger partial charge in [0.25, 0.3) is 5.91 Å². The van der Waals surface area contributed by atoms with Crippen molar-refractivity contribution in [1.29, 1.82) is 5.26 Å². The smallest absolute Gasteiger partial charge is 0.417 e. The number of benzene rings is 3. The molecule has 6 rings (SSSR count). The maximum absolute atomic E-state index is 14.0. The fourth-order valence-corrected chi connectivity index (χ4v) is 9.11. The van der Waals surface area contributed by atoms with Crippen LogP contribution in [-0.4, -0.2) is 101 Å². The van der Waals surface area contributed by atoms with Crippen LogP contribution in [0.25, 0.3) is 10.4 Å². The molecule has 4 amide bonds. The summed E-state index contributed by atoms with van der Waals surface area (Å²) in [5, 5.41) is 25.4. The van der Waals surface area contributed by atoms with Crippen LogP contribution in [0.1, 0.15) is 88.2 Å². The third kappa shape index (κ3) is 13.1. The molecule has 3 aromatic carbocycles. The molecule has 2 aliphatic heterocycles. The van der Waals surface area contributed by atoms with Crippen LogP contribution in [0.2, 0.25) is 0 Å². The van der Waals surface area contributed by atoms with E-state index in [1.807, 2.05) is 77.9 Å². The third-order valence-corrected chi connectivity index (χ3v) is 12.9. The summed E-state index contributed by atoms with van der Waals surface area (Å²) in [6.45, 7) is 12.3. The Balaban J connectivity index is 0.883. The lowest BCUT2D eigenvalue weighted by Crippen LogP contribution is -2.58. The van der Waals surface area contributed by atoms with Gasteiger partial charge >= 0.3 is 6.18 Å². The van der Waals surface area contributed by atoms with Gasteiger partial charge in [0.05, 0.1) is 46.0 Å². The van der Waals surface area contributed by atoms with E-state index in [1.165, 1.54) is 11.0 Å². The van der Waals surface area contributed by atoms with Crippen LogP contribution in [0.15, 0.2) is 72.2 Å². The maximum atomic E-state index is 14.0. The number of aryl methyl sites for hydroxylation is 1. The number of aromatic nitrogens is 1. The molecule has 0 saturated carbocycles. The highest BCUT2D eigenvalue weighted by molar-refractivity contribution is 7.13. The molecule has 4 aromatic rings. The molecular weight excluding hydrogens is 902 g/mol. The van der Waals surface area contributed by atoms with Crippen LogP contribution in [0.3, 0.4) is 0 Å². The summed E-state index contributed by atoms with van der Waals surface area (Å²) in [6.07, 6.45) is -4.44. The van der Waals surface area contributed by atoms with Gasteiger partial charge in [-0.05, 0) is 78.6 Å². The van der Waals surface area contributed by atoms with Crippen LogP contribution in [0, 0.1) is 29.1 Å². The number of hydrogen-bond acceptors (Lipinski definition) is 11. The van der Waals surface area contributed by atoms with Crippen LogP contribution >= 0.6 is 11.3 Å². The molecule has 4 atom stereocenters. The van der Waals surface area contributed by atoms with Crippen LogP contribution in [0.4, 0.5) is 13.2 Å². The summed E-state index contributed by atoms with van der Waals surface area (Å²) < 4.78 is 58.0. The molecule has 14 nitrogen and oxygen atoms in total. The highest BCUT2D eigenvalue weighted by Crippen LogP contribution is 2.38. The number of carbonyl (C=O) groups is 4. The molecule has 3 heterocycles. The number of aliphatic hydroxyl groups excluding tert-OH is 1. The zero-order valence-corrected chi connectivity index (χ0v) is 40.0. The van der Waals surface area contributed by atoms with E-state index in [4.69, 9.17) is 19.5 Å². The van der Waals surface area contributed by atoms with Gasteiger partial charge in [0.1, 0.15) is 30.2 Å². The molecule has 18 heteroatoms. The number of hydrogen-bond donors (Lipinski definition) is 3. The zero-order valence-electron chi connectivity index (χ0n) is 39.2. The number of nitrogens with one attached hydrogen (secondary N) is 2. The molecule has 2 fully saturated rings. The molecule has 68 heavy (non-hydrogen) atoms. The Kier molecular flexibility index (Phi) is 16.6. The molecule has 2 saturated heterocycles. The number of halogens is 3. The van der Waals surface area contributed by atoms with Crippen molar-refractivity contribution in [1.82, 2.24) is 25.4 Å². The molecule has 364 valence electrons. The number of nitrogens with zero attached hydrogens (tertiary/aromatic N) is 4. The average molecular weight is 961 g/mol. The highest BCUT2D eigenvalue weighted by Gasteiger charge is 2.48. The second-order valence-electron chi connectivity index (χ2n) is 19.0. The Bertz CT molecular complexity index is 2450. The topological polar surface area (TPSA) is 183 Å². The van der Waals surface area contributed by atoms with Crippen molar-refractivity contribution in [3.05, 3.63) is 100 Å². The zero-order chi connectivity index (χ0) is 49.4. The molecule has 0 spiro atoms. The highest BCUT2D eigenvalue weighted by atomic mass is 32.1. The van der Waals surface area contributed by atoms with E-state index in [9.17, 15) is 37.5 Å². The van der Waals surface area contributed by atoms with Crippen molar-refractivity contribution < 1.29 is 51.7 Å². The summed E-state index contributed by atoms with van der Waals surface area (Å²) in [4.78, 5) is 62.2. The van der Waals surface area contributed by atoms with Crippen LogP contribution < -0.4 is 20.1 Å². The van der Waals surface area contributed by atoms with Gasteiger partial charge in [-0.15, -0.1) is 11.3 Å². The van der Waals surface area contributed by atoms with Gasteiger partial charge in [0.15, 0.2) is 6.10 Å². The quantitative estimate of drug-likeness (QED) is 0.0813. The average Bonchev–Trinajstić information content (AvgIpc) is 3.96. The lowest BCUT2D eigenvalue weighted by molar-refractivity contribution is -0.144. The Labute approximate surface area is 398 Å². The Morgan fingerprint density at radius 3 is 2.31 bits per heavy atom. The number of nitriles is 1. The number of likely N-dealkylation sites (tertiary alicyclic amines) is 2. The number of aliphatic hydroxyl groups is 1. The van der Waals surface area contributed by atoms with Crippen molar-refractivity contribution in [2.75, 3.05) is 32.9 Å². The monoisotopic (exact) mass is 960 g/mol. The second kappa shape index (κ2) is 21.9. The summed E-state index contributed by atoms with van der Waals surface area (Å²) >= 11 is 1.56. The van der Waals surface area contributed by atoms with Crippen molar-refractivity contribution in [2.24, 2.45) is 10.8 Å². The first-order chi connectivity index (χ1) is 32.1. The third-order valence-electron chi connectivity index (χ3n) is 12.0. The summed E-state index contributed by atoms with van der Waals surface area (Å²) in [6, 6.07) is 17.8. The standard InChI is InChI=1S/C50H59F3N6O8S/c1-31-42(68-30-56-31)34-14-10-32(11-15-34)25-55-45(62)40-22-36(60)27-59(40)46(63)43(48(2,3)4)57-41(61)28-65-20-8-7-9-21-66-37-17-12-33(13-18-37)26-58-29-49(5,6)44(47(58)64)67-38-19-16-35(24-54)39(23-38)50(51,52)53/h10-19,23,30,36,40,43-44,60H,7-9,20-22,25-29H2,1-6H3,(H,55,62)(H,57,61). The molecule has 2 aliphatic rings. The molecule has 0 radical (unpaired) electrons. The van der Waals surface area contributed by atoms with E-state index in [0.717, 1.165) is 52.2 Å². The van der Waals surface area contributed by atoms with Gasteiger partial charge in [0, 0.05) is 44.6 Å². The van der Waals surface area contributed by atoms with Gasteiger partial charge in [0.2, 0.25) is 17.7 Å². The predicted octanol–water partition coefficient (Wildman–Crippen LogP) is 7.20. The minimum atomic E-state index is -4.75. The minimum absolute atomic E-state index is 0.0304. The van der Waals surface area contributed by atoms with Gasteiger partial charge < -0.3 is 39.8 Å². The minimum Gasteiger partial charge on any atom is -0.494 e. The van der Waals surface area contributed by atoms with Gasteiger partial charge in [-0.2, -0.15) is 18.4 Å². The number of carbonyl (C=O) groups excluding carboxylic acids is 4. The molecule has 0 bridgehead atoms. The molecule has 1 aromatic heterocycles. The SMILES string of the molecule is Cc1ncsc1-c1ccc(CNC(=O)C2CC(O)CN2C(=O)C(NC(=O)COCCCCCOc2ccc(CN3CC(C)(C)C(Oc4ccc(C#N)c(C(F)(F)F)c4)C3=O)cc2)C(C)(C)C)cc1. The summed E-state index contributed by atoms with van der Waals surface area (Å²) in [5.41, 5.74) is 2.44. The number of ether oxygens (including phenoxy) is 3. The van der Waals surface area contributed by atoms with Crippen LogP contribution in [-0.2, 0) is 43.2 Å². The van der Waals surface area contributed by atoms with Gasteiger partial charge in [-0.25, -0.2) is 4.98 Å². The Morgan fingerprint density at radius 1 is 0.985 bits per heavy atom. The second-order valence-corrected chi connectivity index (χ2v) is 19.9. The fraction of sp³-hybridized carbons (Fsp3) is 0.480. The summed E-state index contributed by atoms with van der Waals surface area (Å²) in [5.74, 6) is -1.17. The van der Waals surface area contributed by atoms with Crippen molar-refractivity contribution in [3.63, 3.8) is 0 Å². The molecule has 4 unspecified atom stereocenters. The number of amides is 4. The number of alkyl halides is 3. The van der Waals surface area contributed by atoms with E-state index in [2.05, 4.69) is 15.6 Å². The number of thiazole rings is 1. The first kappa shape index (κ1) is 51.4. The normalized spacial score (nSPS) is 18.5. The van der Waals surface area contributed by atoms with Gasteiger partial charge in [-0.3, -0.25) is 19.2 Å². The fourth-order valence-electron chi connectivity index (χ4n) is 8.29. The predicted molar refractivity (Wildman–Crippen MR) is 248 cm³/mol. The first-order valence-corrected chi connectivity index (χ1v) is 23.4. The Hall–Kier alpha value is -6.03. The molecule has 3 N–H and O–H groups in total. The summed E-state index contributed by atoms with van der Waals surface area (Å²) in [7, 11) is 0. The van der Waals surface area contributed by atoms with E-state index < -0.39 is 64.2 Å². The van der Waals surface area contributed by atoms with E-state index in [0.29, 0.717) is 31.9 Å². The van der Waals surface area contributed by atoms with Crippen molar-refractivity contribution in [3.8, 4) is 28.0 Å². The van der Waals surface area contributed by atoms with Crippen molar-refractivity contribution in [2.45, 2.75) is 111 Å². The number of β-amino-alcohol motifs (C(OH)–C–C–N with tert-alkyl or cyclic N) is 1. The first-order valence-electron chi connectivity index (χ1n) is 22.6. The lowest BCUT2D eigenvalue weighted by atomic mass is 9.85. The number of unbranched alkanes of at least 4 members (excludes halogenated alkanes) is 2. The van der Waals surface area contributed by atoms with Gasteiger partial charge in [-0.1, -0.05) is 71.0 Å². The van der Waals surface area contributed by atoms with E-state index in [-0.39, 0.29) is 50.2 Å².